The molecule has 1 aromatic heterocycles. The first-order valence-electron chi connectivity index (χ1n) is 6.97. The summed E-state index contributed by atoms with van der Waals surface area (Å²) < 4.78 is 5.62. The van der Waals surface area contributed by atoms with E-state index in [4.69, 9.17) is 16.3 Å². The molecule has 3 aromatic rings. The zero-order valence-electron chi connectivity index (χ0n) is 12.5. The molecule has 7 heteroatoms. The van der Waals surface area contributed by atoms with Crippen LogP contribution in [0.3, 0.4) is 0 Å². The Balaban J connectivity index is 1.96. The van der Waals surface area contributed by atoms with Gasteiger partial charge in [-0.15, -0.1) is 0 Å². The standard InChI is InChI=1S/C17H11ClN2O4/c1-10(21)14-9-13(4-6-16(14)20(22)23)24-17-7-2-11-8-12(18)3-5-15(11)19-17/h2-9H,1H3. The summed E-state index contributed by atoms with van der Waals surface area (Å²) in [6.45, 7) is 1.27. The topological polar surface area (TPSA) is 82.3 Å². The number of benzene rings is 2. The predicted octanol–water partition coefficient (Wildman–Crippen LogP) is 4.79. The Morgan fingerprint density at radius 1 is 1.17 bits per heavy atom. The van der Waals surface area contributed by atoms with Gasteiger partial charge in [0.25, 0.3) is 5.69 Å². The average Bonchev–Trinajstić information content (AvgIpc) is 2.54. The van der Waals surface area contributed by atoms with Gasteiger partial charge >= 0.3 is 0 Å². The third-order valence-electron chi connectivity index (χ3n) is 3.39. The van der Waals surface area contributed by atoms with Crippen LogP contribution in [0.25, 0.3) is 10.9 Å². The summed E-state index contributed by atoms with van der Waals surface area (Å²) in [6, 6.07) is 12.8. The number of nitrogens with zero attached hydrogens (tertiary/aromatic N) is 2. The lowest BCUT2D eigenvalue weighted by molar-refractivity contribution is -0.385. The van der Waals surface area contributed by atoms with Gasteiger partial charge in [0.1, 0.15) is 5.75 Å². The molecule has 3 rings (SSSR count). The molecule has 120 valence electrons. The maximum atomic E-state index is 11.6. The van der Waals surface area contributed by atoms with Crippen LogP contribution in [0, 0.1) is 10.1 Å². The Bertz CT molecular complexity index is 972. The van der Waals surface area contributed by atoms with Gasteiger partial charge in [0.15, 0.2) is 5.78 Å². The molecule has 0 radical (unpaired) electrons. The van der Waals surface area contributed by atoms with Crippen LogP contribution in [0.4, 0.5) is 5.69 Å². The van der Waals surface area contributed by atoms with Crippen molar-refractivity contribution >= 4 is 34.0 Å². The fourth-order valence-corrected chi connectivity index (χ4v) is 2.46. The molecular weight excluding hydrogens is 332 g/mol. The zero-order chi connectivity index (χ0) is 17.3. The Morgan fingerprint density at radius 2 is 1.96 bits per heavy atom. The number of hydrogen-bond acceptors (Lipinski definition) is 5. The van der Waals surface area contributed by atoms with E-state index in [9.17, 15) is 14.9 Å². The van der Waals surface area contributed by atoms with Gasteiger partial charge in [-0.1, -0.05) is 11.6 Å². The fraction of sp³-hybridized carbons (Fsp3) is 0.0588. The van der Waals surface area contributed by atoms with Gasteiger partial charge in [-0.2, -0.15) is 0 Å². The number of carbonyl (C=O) groups excluding carboxylic acids is 1. The zero-order valence-corrected chi connectivity index (χ0v) is 13.3. The highest BCUT2D eigenvalue weighted by molar-refractivity contribution is 6.31. The van der Waals surface area contributed by atoms with Crippen LogP contribution in [0.5, 0.6) is 11.6 Å². The number of hydrogen-bond donors (Lipinski definition) is 0. The normalized spacial score (nSPS) is 10.6. The Morgan fingerprint density at radius 3 is 2.67 bits per heavy atom. The quantitative estimate of drug-likeness (QED) is 0.386. The SMILES string of the molecule is CC(=O)c1cc(Oc2ccc3cc(Cl)ccc3n2)ccc1[N+](=O)[O-]. The molecule has 0 aliphatic heterocycles. The highest BCUT2D eigenvalue weighted by Gasteiger charge is 2.18. The number of ketones is 1. The van der Waals surface area contributed by atoms with Crippen molar-refractivity contribution in [1.82, 2.24) is 4.98 Å². The third-order valence-corrected chi connectivity index (χ3v) is 3.63. The number of nitro benzene ring substituents is 1. The summed E-state index contributed by atoms with van der Waals surface area (Å²) in [5.41, 5.74) is 0.437. The molecule has 24 heavy (non-hydrogen) atoms. The van der Waals surface area contributed by atoms with Crippen molar-refractivity contribution in [2.45, 2.75) is 6.92 Å². The lowest BCUT2D eigenvalue weighted by Crippen LogP contribution is -2.00. The van der Waals surface area contributed by atoms with Gasteiger partial charge in [0, 0.05) is 22.5 Å². The molecule has 0 fully saturated rings. The van der Waals surface area contributed by atoms with Crippen LogP contribution in [-0.2, 0) is 0 Å². The summed E-state index contributed by atoms with van der Waals surface area (Å²) in [4.78, 5) is 26.3. The maximum absolute atomic E-state index is 11.6. The number of rotatable bonds is 4. The highest BCUT2D eigenvalue weighted by Crippen LogP contribution is 2.28. The summed E-state index contributed by atoms with van der Waals surface area (Å²) in [6.07, 6.45) is 0. The second-order valence-electron chi connectivity index (χ2n) is 5.08. The molecule has 6 nitrogen and oxygen atoms in total. The van der Waals surface area contributed by atoms with Gasteiger partial charge in [0.2, 0.25) is 5.88 Å². The number of ether oxygens (including phenoxy) is 1. The minimum absolute atomic E-state index is 0.00919. The number of Topliss-reactive ketones (excluding diaryl/α,β-unsaturated/α-hetero) is 1. The number of pyridine rings is 1. The molecule has 0 bridgehead atoms. The summed E-state index contributed by atoms with van der Waals surface area (Å²) >= 11 is 5.93. The molecular formula is C17H11ClN2O4. The molecule has 0 N–H and O–H groups in total. The molecule has 2 aromatic carbocycles. The van der Waals surface area contributed by atoms with E-state index in [0.717, 1.165) is 5.39 Å². The largest absolute Gasteiger partial charge is 0.439 e. The van der Waals surface area contributed by atoms with Gasteiger partial charge in [-0.3, -0.25) is 14.9 Å². The van der Waals surface area contributed by atoms with Crippen molar-refractivity contribution in [3.8, 4) is 11.6 Å². The van der Waals surface area contributed by atoms with Crippen molar-refractivity contribution in [2.24, 2.45) is 0 Å². The van der Waals surface area contributed by atoms with Gasteiger partial charge in [-0.25, -0.2) is 4.98 Å². The molecule has 0 spiro atoms. The van der Waals surface area contributed by atoms with E-state index >= 15 is 0 Å². The summed E-state index contributed by atoms with van der Waals surface area (Å²) in [5.74, 6) is 0.202. The average molecular weight is 343 g/mol. The summed E-state index contributed by atoms with van der Waals surface area (Å²) in [7, 11) is 0. The van der Waals surface area contributed by atoms with Crippen LogP contribution in [0.15, 0.2) is 48.5 Å². The minimum Gasteiger partial charge on any atom is -0.439 e. The van der Waals surface area contributed by atoms with E-state index in [2.05, 4.69) is 4.98 Å². The Kier molecular flexibility index (Phi) is 4.14. The lowest BCUT2D eigenvalue weighted by atomic mass is 10.1. The number of aromatic nitrogens is 1. The van der Waals surface area contributed by atoms with E-state index in [0.29, 0.717) is 22.2 Å². The van der Waals surface area contributed by atoms with Crippen molar-refractivity contribution in [3.05, 3.63) is 69.2 Å². The first-order chi connectivity index (χ1) is 11.4. The molecule has 0 amide bonds. The third kappa shape index (κ3) is 3.18. The smallest absolute Gasteiger partial charge is 0.280 e. The first-order valence-corrected chi connectivity index (χ1v) is 7.35. The second kappa shape index (κ2) is 6.25. The number of fused-ring (bicyclic) bond motifs is 1. The first kappa shape index (κ1) is 15.9. The second-order valence-corrected chi connectivity index (χ2v) is 5.52. The van der Waals surface area contributed by atoms with Crippen LogP contribution < -0.4 is 4.74 Å². The van der Waals surface area contributed by atoms with Gasteiger partial charge in [0.05, 0.1) is 16.0 Å². The van der Waals surface area contributed by atoms with Crippen LogP contribution >= 0.6 is 11.6 Å². The monoisotopic (exact) mass is 342 g/mol. The van der Waals surface area contributed by atoms with E-state index in [1.807, 2.05) is 0 Å². The maximum Gasteiger partial charge on any atom is 0.280 e. The Hall–Kier alpha value is -2.99. The highest BCUT2D eigenvalue weighted by atomic mass is 35.5. The summed E-state index contributed by atoms with van der Waals surface area (Å²) in [5, 5.41) is 12.4. The molecule has 0 unspecified atom stereocenters. The van der Waals surface area contributed by atoms with Crippen molar-refractivity contribution < 1.29 is 14.5 Å². The molecule has 0 aliphatic rings. The van der Waals surface area contributed by atoms with Crippen LogP contribution in [0.2, 0.25) is 5.02 Å². The molecule has 0 atom stereocenters. The van der Waals surface area contributed by atoms with Crippen LogP contribution in [0.1, 0.15) is 17.3 Å². The van der Waals surface area contributed by atoms with E-state index in [-0.39, 0.29) is 11.3 Å². The van der Waals surface area contributed by atoms with Crippen LogP contribution in [-0.4, -0.2) is 15.7 Å². The van der Waals surface area contributed by atoms with Gasteiger partial charge < -0.3 is 4.74 Å². The fourth-order valence-electron chi connectivity index (χ4n) is 2.28. The lowest BCUT2D eigenvalue weighted by Gasteiger charge is -2.07. The van der Waals surface area contributed by atoms with E-state index in [1.165, 1.54) is 25.1 Å². The number of nitro groups is 1. The molecule has 0 saturated heterocycles. The van der Waals surface area contributed by atoms with Crippen molar-refractivity contribution in [3.63, 3.8) is 0 Å². The van der Waals surface area contributed by atoms with E-state index in [1.54, 1.807) is 30.3 Å². The molecule has 0 aliphatic carbocycles. The predicted molar refractivity (Wildman–Crippen MR) is 89.9 cm³/mol. The number of carbonyl (C=O) groups is 1. The molecule has 0 saturated carbocycles. The number of halogens is 1. The van der Waals surface area contributed by atoms with E-state index < -0.39 is 10.7 Å². The molecule has 1 heterocycles. The van der Waals surface area contributed by atoms with Crippen molar-refractivity contribution in [1.29, 1.82) is 0 Å². The minimum atomic E-state index is -0.599. The van der Waals surface area contributed by atoms with Crippen molar-refractivity contribution in [2.75, 3.05) is 0 Å². The Labute approximate surface area is 141 Å². The van der Waals surface area contributed by atoms with Gasteiger partial charge in [-0.05, 0) is 43.3 Å².